The van der Waals surface area contributed by atoms with Crippen LogP contribution in [0.1, 0.15) is 12.0 Å². The molecule has 2 rings (SSSR count). The second-order valence-electron chi connectivity index (χ2n) is 3.46. The Morgan fingerprint density at radius 3 is 2.69 bits per heavy atom. The number of aryl methyl sites for hydroxylation is 2. The third kappa shape index (κ3) is 2.53. The molecule has 0 aliphatic carbocycles. The minimum absolute atomic E-state index is 0.239. The van der Waals surface area contributed by atoms with Gasteiger partial charge in [-0.2, -0.15) is 4.68 Å². The highest BCUT2D eigenvalue weighted by Crippen LogP contribution is 2.05. The van der Waals surface area contributed by atoms with Gasteiger partial charge in [0.2, 0.25) is 0 Å². The Bertz CT molecular complexity index is 502. The fourth-order valence-corrected chi connectivity index (χ4v) is 1.45. The number of tetrazole rings is 1. The first kappa shape index (κ1) is 10.5. The Balaban J connectivity index is 1.87. The smallest absolute Gasteiger partial charge is 0.245 e. The van der Waals surface area contributed by atoms with Crippen LogP contribution in [0.5, 0.6) is 0 Å². The highest BCUT2D eigenvalue weighted by molar-refractivity contribution is 5.15. The number of halogens is 1. The summed E-state index contributed by atoms with van der Waals surface area (Å²) in [7, 11) is 0. The minimum atomic E-state index is -0.306. The van der Waals surface area contributed by atoms with Crippen LogP contribution >= 0.6 is 0 Å². The molecule has 0 amide bonds. The summed E-state index contributed by atoms with van der Waals surface area (Å²) in [6.07, 6.45) is 1.54. The van der Waals surface area contributed by atoms with E-state index in [2.05, 4.69) is 15.5 Å². The maximum absolute atomic E-state index is 12.6. The van der Waals surface area contributed by atoms with Crippen molar-refractivity contribution in [3.05, 3.63) is 46.1 Å². The molecule has 0 saturated carbocycles. The molecular formula is C10H11FN4O. The van der Waals surface area contributed by atoms with Gasteiger partial charge in [0.15, 0.2) is 0 Å². The summed E-state index contributed by atoms with van der Waals surface area (Å²) >= 11 is 0. The van der Waals surface area contributed by atoms with Gasteiger partial charge in [-0.3, -0.25) is 0 Å². The SMILES string of the molecule is O=c1[nH]nnn1CCCc1ccc(F)cc1. The van der Waals surface area contributed by atoms with Crippen LogP contribution < -0.4 is 5.69 Å². The molecule has 1 heterocycles. The van der Waals surface area contributed by atoms with Gasteiger partial charge in [0.25, 0.3) is 0 Å². The van der Waals surface area contributed by atoms with Gasteiger partial charge in [0, 0.05) is 6.54 Å². The largest absolute Gasteiger partial charge is 0.361 e. The molecule has 0 bridgehead atoms. The van der Waals surface area contributed by atoms with Gasteiger partial charge in [0.1, 0.15) is 5.82 Å². The van der Waals surface area contributed by atoms with E-state index in [1.165, 1.54) is 16.8 Å². The van der Waals surface area contributed by atoms with Crippen molar-refractivity contribution in [2.45, 2.75) is 19.4 Å². The highest BCUT2D eigenvalue weighted by Gasteiger charge is 1.99. The molecule has 6 heteroatoms. The number of hydrogen-bond donors (Lipinski definition) is 1. The molecule has 0 aliphatic rings. The van der Waals surface area contributed by atoms with Gasteiger partial charge in [-0.15, -0.1) is 0 Å². The van der Waals surface area contributed by atoms with Crippen molar-refractivity contribution >= 4 is 0 Å². The number of nitrogens with zero attached hydrogens (tertiary/aromatic N) is 3. The molecular weight excluding hydrogens is 211 g/mol. The van der Waals surface area contributed by atoms with Crippen molar-refractivity contribution in [3.63, 3.8) is 0 Å². The molecule has 1 N–H and O–H groups in total. The van der Waals surface area contributed by atoms with E-state index in [1.54, 1.807) is 12.1 Å². The van der Waals surface area contributed by atoms with Gasteiger partial charge < -0.3 is 0 Å². The van der Waals surface area contributed by atoms with Crippen LogP contribution in [-0.2, 0) is 13.0 Å². The molecule has 16 heavy (non-hydrogen) atoms. The quantitative estimate of drug-likeness (QED) is 0.829. The lowest BCUT2D eigenvalue weighted by Gasteiger charge is -2.00. The number of aromatic nitrogens is 4. The second kappa shape index (κ2) is 4.69. The molecule has 0 radical (unpaired) electrons. The summed E-state index contributed by atoms with van der Waals surface area (Å²) in [4.78, 5) is 11.0. The summed E-state index contributed by atoms with van der Waals surface area (Å²) < 4.78 is 13.9. The molecule has 0 fully saturated rings. The molecule has 0 spiro atoms. The van der Waals surface area contributed by atoms with E-state index in [1.807, 2.05) is 0 Å². The average Bonchev–Trinajstić information content (AvgIpc) is 2.68. The summed E-state index contributed by atoms with van der Waals surface area (Å²) in [6, 6.07) is 6.33. The fourth-order valence-electron chi connectivity index (χ4n) is 1.45. The summed E-state index contributed by atoms with van der Waals surface area (Å²) in [5, 5.41) is 9.21. The van der Waals surface area contributed by atoms with Crippen LogP contribution in [0.15, 0.2) is 29.1 Å². The Morgan fingerprint density at radius 2 is 2.06 bits per heavy atom. The zero-order valence-electron chi connectivity index (χ0n) is 8.56. The highest BCUT2D eigenvalue weighted by atomic mass is 19.1. The van der Waals surface area contributed by atoms with Crippen molar-refractivity contribution in [1.82, 2.24) is 20.2 Å². The Labute approximate surface area is 90.9 Å². The van der Waals surface area contributed by atoms with E-state index in [9.17, 15) is 9.18 Å². The molecule has 5 nitrogen and oxygen atoms in total. The lowest BCUT2D eigenvalue weighted by molar-refractivity contribution is 0.545. The molecule has 1 aromatic carbocycles. The van der Waals surface area contributed by atoms with Gasteiger partial charge in [0.05, 0.1) is 0 Å². The number of rotatable bonds is 4. The third-order valence-corrected chi connectivity index (χ3v) is 2.28. The van der Waals surface area contributed by atoms with Crippen molar-refractivity contribution in [3.8, 4) is 0 Å². The van der Waals surface area contributed by atoms with Crippen LogP contribution in [-0.4, -0.2) is 20.2 Å². The molecule has 0 aliphatic heterocycles. The van der Waals surface area contributed by atoms with Crippen LogP contribution in [0.25, 0.3) is 0 Å². The van der Waals surface area contributed by atoms with Gasteiger partial charge in [-0.25, -0.2) is 14.3 Å². The molecule has 2 aromatic rings. The summed E-state index contributed by atoms with van der Waals surface area (Å²) in [5.74, 6) is -0.239. The first-order chi connectivity index (χ1) is 7.75. The minimum Gasteiger partial charge on any atom is -0.245 e. The van der Waals surface area contributed by atoms with Gasteiger partial charge in [-0.05, 0) is 41.0 Å². The van der Waals surface area contributed by atoms with Crippen LogP contribution in [0, 0.1) is 5.82 Å². The number of nitrogens with one attached hydrogen (secondary N) is 1. The van der Waals surface area contributed by atoms with Gasteiger partial charge >= 0.3 is 5.69 Å². The van der Waals surface area contributed by atoms with E-state index < -0.39 is 0 Å². The van der Waals surface area contributed by atoms with Crippen molar-refractivity contribution in [2.75, 3.05) is 0 Å². The van der Waals surface area contributed by atoms with Gasteiger partial charge in [-0.1, -0.05) is 12.1 Å². The average molecular weight is 222 g/mol. The number of aromatic amines is 1. The van der Waals surface area contributed by atoms with E-state index in [-0.39, 0.29) is 11.5 Å². The summed E-state index contributed by atoms with van der Waals surface area (Å²) in [6.45, 7) is 0.507. The monoisotopic (exact) mass is 222 g/mol. The Hall–Kier alpha value is -1.98. The van der Waals surface area contributed by atoms with Crippen molar-refractivity contribution in [1.29, 1.82) is 0 Å². The van der Waals surface area contributed by atoms with Crippen LogP contribution in [0.2, 0.25) is 0 Å². The first-order valence-electron chi connectivity index (χ1n) is 4.98. The molecule has 0 unspecified atom stereocenters. The number of benzene rings is 1. The maximum atomic E-state index is 12.6. The van der Waals surface area contributed by atoms with E-state index in [0.29, 0.717) is 6.54 Å². The lowest BCUT2D eigenvalue weighted by Crippen LogP contribution is -2.18. The van der Waals surface area contributed by atoms with Crippen molar-refractivity contribution in [2.24, 2.45) is 0 Å². The summed E-state index contributed by atoms with van der Waals surface area (Å²) in [5.41, 5.74) is 0.733. The van der Waals surface area contributed by atoms with E-state index in [4.69, 9.17) is 0 Å². The lowest BCUT2D eigenvalue weighted by atomic mass is 10.1. The molecule has 84 valence electrons. The van der Waals surface area contributed by atoms with E-state index in [0.717, 1.165) is 18.4 Å². The Kier molecular flexibility index (Phi) is 3.09. The van der Waals surface area contributed by atoms with Crippen LogP contribution in [0.4, 0.5) is 4.39 Å². The molecule has 0 atom stereocenters. The third-order valence-electron chi connectivity index (χ3n) is 2.28. The predicted molar refractivity (Wildman–Crippen MR) is 55.4 cm³/mol. The number of H-pyrrole nitrogens is 1. The Morgan fingerprint density at radius 1 is 1.31 bits per heavy atom. The van der Waals surface area contributed by atoms with Crippen molar-refractivity contribution < 1.29 is 4.39 Å². The second-order valence-corrected chi connectivity index (χ2v) is 3.46. The van der Waals surface area contributed by atoms with Crippen LogP contribution in [0.3, 0.4) is 0 Å². The zero-order valence-corrected chi connectivity index (χ0v) is 8.56. The fraction of sp³-hybridized carbons (Fsp3) is 0.300. The first-order valence-corrected chi connectivity index (χ1v) is 4.98. The number of hydrogen-bond acceptors (Lipinski definition) is 3. The molecule has 0 saturated heterocycles. The van der Waals surface area contributed by atoms with E-state index >= 15 is 0 Å². The molecule has 1 aromatic heterocycles. The predicted octanol–water partition coefficient (Wildman–Crippen LogP) is 0.738. The zero-order chi connectivity index (χ0) is 11.4. The standard InChI is InChI=1S/C10H11FN4O/c11-9-5-3-8(4-6-9)2-1-7-15-10(16)12-13-14-15/h3-6H,1-2,7H2,(H,12,14,16). The maximum Gasteiger partial charge on any atom is 0.361 e. The normalized spacial score (nSPS) is 10.6. The topological polar surface area (TPSA) is 63.6 Å².